The molecule has 1 aliphatic rings. The molecule has 1 aromatic rings. The number of rotatable bonds is 5. The molecule has 1 aromatic carbocycles. The van der Waals surface area contributed by atoms with Crippen molar-refractivity contribution >= 4 is 5.91 Å². The van der Waals surface area contributed by atoms with E-state index in [0.717, 1.165) is 25.9 Å². The van der Waals surface area contributed by atoms with Crippen LogP contribution in [0.15, 0.2) is 24.3 Å². The van der Waals surface area contributed by atoms with Crippen molar-refractivity contribution in [3.05, 3.63) is 30.1 Å². The maximum absolute atomic E-state index is 13.3. The molecule has 5 heteroatoms. The molecule has 0 saturated carbocycles. The fourth-order valence-electron chi connectivity index (χ4n) is 2.38. The standard InChI is InChI=1S/C15H21FN2O2/c1-18(12-6-9-17-10-7-12)15(19)8-11-20-14-5-3-2-4-13(14)16/h2-5,12,17H,6-11H2,1H3. The van der Waals surface area contributed by atoms with Crippen molar-refractivity contribution in [3.63, 3.8) is 0 Å². The molecule has 0 spiro atoms. The summed E-state index contributed by atoms with van der Waals surface area (Å²) in [6, 6.07) is 6.53. The Morgan fingerprint density at radius 2 is 2.10 bits per heavy atom. The Hall–Kier alpha value is -1.62. The van der Waals surface area contributed by atoms with Crippen LogP contribution in [0.1, 0.15) is 19.3 Å². The third-order valence-electron chi connectivity index (χ3n) is 3.66. The zero-order chi connectivity index (χ0) is 14.4. The van der Waals surface area contributed by atoms with Crippen LogP contribution in [0.2, 0.25) is 0 Å². The molecule has 110 valence electrons. The van der Waals surface area contributed by atoms with Gasteiger partial charge in [0.15, 0.2) is 11.6 Å². The highest BCUT2D eigenvalue weighted by atomic mass is 19.1. The first-order valence-corrected chi connectivity index (χ1v) is 7.02. The number of halogens is 1. The van der Waals surface area contributed by atoms with E-state index >= 15 is 0 Å². The number of nitrogens with zero attached hydrogens (tertiary/aromatic N) is 1. The van der Waals surface area contributed by atoms with E-state index in [9.17, 15) is 9.18 Å². The summed E-state index contributed by atoms with van der Waals surface area (Å²) in [6.45, 7) is 2.11. The van der Waals surface area contributed by atoms with Gasteiger partial charge in [-0.1, -0.05) is 12.1 Å². The van der Waals surface area contributed by atoms with Crippen LogP contribution in [0, 0.1) is 5.82 Å². The van der Waals surface area contributed by atoms with E-state index < -0.39 is 5.82 Å². The van der Waals surface area contributed by atoms with E-state index in [1.165, 1.54) is 6.07 Å². The highest BCUT2D eigenvalue weighted by molar-refractivity contribution is 5.76. The number of carbonyl (C=O) groups is 1. The van der Waals surface area contributed by atoms with E-state index in [1.807, 2.05) is 7.05 Å². The SMILES string of the molecule is CN(C(=O)CCOc1ccccc1F)C1CCNCC1. The molecule has 1 heterocycles. The van der Waals surface area contributed by atoms with Gasteiger partial charge in [0, 0.05) is 13.1 Å². The molecular formula is C15H21FN2O2. The van der Waals surface area contributed by atoms with Crippen LogP contribution in [-0.2, 0) is 4.79 Å². The van der Waals surface area contributed by atoms with E-state index in [4.69, 9.17) is 4.74 Å². The fourth-order valence-corrected chi connectivity index (χ4v) is 2.38. The monoisotopic (exact) mass is 280 g/mol. The van der Waals surface area contributed by atoms with Crippen molar-refractivity contribution in [3.8, 4) is 5.75 Å². The summed E-state index contributed by atoms with van der Waals surface area (Å²) in [5, 5.41) is 3.28. The molecule has 1 aliphatic heterocycles. The van der Waals surface area contributed by atoms with Gasteiger partial charge in [-0.25, -0.2) is 4.39 Å². The smallest absolute Gasteiger partial charge is 0.225 e. The quantitative estimate of drug-likeness (QED) is 0.894. The van der Waals surface area contributed by atoms with Crippen molar-refractivity contribution < 1.29 is 13.9 Å². The van der Waals surface area contributed by atoms with Crippen LogP contribution in [0.3, 0.4) is 0 Å². The number of hydrogen-bond donors (Lipinski definition) is 1. The third-order valence-corrected chi connectivity index (χ3v) is 3.66. The Labute approximate surface area is 118 Å². The summed E-state index contributed by atoms with van der Waals surface area (Å²) in [4.78, 5) is 13.8. The number of piperidine rings is 1. The van der Waals surface area contributed by atoms with Gasteiger partial charge in [-0.05, 0) is 38.1 Å². The zero-order valence-electron chi connectivity index (χ0n) is 11.8. The minimum atomic E-state index is -0.397. The molecule has 2 rings (SSSR count). The predicted molar refractivity (Wildman–Crippen MR) is 75.2 cm³/mol. The Morgan fingerprint density at radius 1 is 1.40 bits per heavy atom. The lowest BCUT2D eigenvalue weighted by Gasteiger charge is -2.31. The van der Waals surface area contributed by atoms with Crippen molar-refractivity contribution in [1.29, 1.82) is 0 Å². The van der Waals surface area contributed by atoms with E-state index in [0.29, 0.717) is 6.04 Å². The highest BCUT2D eigenvalue weighted by Gasteiger charge is 2.21. The normalized spacial score (nSPS) is 15.9. The average Bonchev–Trinajstić information content (AvgIpc) is 2.49. The number of nitrogens with one attached hydrogen (secondary N) is 1. The second-order valence-electron chi connectivity index (χ2n) is 5.01. The van der Waals surface area contributed by atoms with E-state index in [-0.39, 0.29) is 24.7 Å². The minimum absolute atomic E-state index is 0.0493. The Bertz CT molecular complexity index is 447. The average molecular weight is 280 g/mol. The van der Waals surface area contributed by atoms with Gasteiger partial charge in [-0.3, -0.25) is 4.79 Å². The van der Waals surface area contributed by atoms with Crippen molar-refractivity contribution in [2.45, 2.75) is 25.3 Å². The first kappa shape index (κ1) is 14.8. The van der Waals surface area contributed by atoms with Gasteiger partial charge in [0.2, 0.25) is 5.91 Å². The van der Waals surface area contributed by atoms with Crippen LogP contribution in [0.4, 0.5) is 4.39 Å². The molecule has 1 saturated heterocycles. The molecule has 0 atom stereocenters. The highest BCUT2D eigenvalue weighted by Crippen LogP contribution is 2.16. The topological polar surface area (TPSA) is 41.6 Å². The maximum atomic E-state index is 13.3. The molecule has 0 aromatic heterocycles. The summed E-state index contributed by atoms with van der Waals surface area (Å²) in [6.07, 6.45) is 2.24. The lowest BCUT2D eigenvalue weighted by Crippen LogP contribution is -2.44. The van der Waals surface area contributed by atoms with Crippen LogP contribution in [0.5, 0.6) is 5.75 Å². The van der Waals surface area contributed by atoms with Crippen molar-refractivity contribution in [1.82, 2.24) is 10.2 Å². The number of ether oxygens (including phenoxy) is 1. The minimum Gasteiger partial charge on any atom is -0.490 e. The van der Waals surface area contributed by atoms with Gasteiger partial charge in [-0.2, -0.15) is 0 Å². The summed E-state index contributed by atoms with van der Waals surface area (Å²) in [5.41, 5.74) is 0. The predicted octanol–water partition coefficient (Wildman–Crippen LogP) is 1.81. The zero-order valence-corrected chi connectivity index (χ0v) is 11.8. The molecule has 20 heavy (non-hydrogen) atoms. The number of para-hydroxylation sites is 1. The maximum Gasteiger partial charge on any atom is 0.225 e. The largest absolute Gasteiger partial charge is 0.490 e. The number of carbonyl (C=O) groups excluding carboxylic acids is 1. The summed E-state index contributed by atoms with van der Waals surface area (Å²) >= 11 is 0. The van der Waals surface area contributed by atoms with Gasteiger partial charge in [-0.15, -0.1) is 0 Å². The van der Waals surface area contributed by atoms with Crippen molar-refractivity contribution in [2.24, 2.45) is 0 Å². The molecule has 4 nitrogen and oxygen atoms in total. The first-order valence-electron chi connectivity index (χ1n) is 7.02. The Morgan fingerprint density at radius 3 is 2.80 bits per heavy atom. The molecular weight excluding hydrogens is 259 g/mol. The number of amides is 1. The molecule has 0 unspecified atom stereocenters. The number of hydrogen-bond acceptors (Lipinski definition) is 3. The van der Waals surface area contributed by atoms with Gasteiger partial charge in [0.1, 0.15) is 0 Å². The molecule has 1 fully saturated rings. The Balaban J connectivity index is 1.76. The van der Waals surface area contributed by atoms with Crippen LogP contribution >= 0.6 is 0 Å². The summed E-state index contributed by atoms with van der Waals surface area (Å²) < 4.78 is 18.6. The van der Waals surface area contributed by atoms with Gasteiger partial charge in [0.25, 0.3) is 0 Å². The lowest BCUT2D eigenvalue weighted by atomic mass is 10.1. The van der Waals surface area contributed by atoms with Crippen molar-refractivity contribution in [2.75, 3.05) is 26.7 Å². The molecule has 1 amide bonds. The first-order chi connectivity index (χ1) is 9.68. The molecule has 0 bridgehead atoms. The second-order valence-corrected chi connectivity index (χ2v) is 5.01. The fraction of sp³-hybridized carbons (Fsp3) is 0.533. The molecule has 1 N–H and O–H groups in total. The summed E-state index contributed by atoms with van der Waals surface area (Å²) in [5.74, 6) is -0.148. The van der Waals surface area contributed by atoms with Crippen LogP contribution in [0.25, 0.3) is 0 Å². The van der Waals surface area contributed by atoms with E-state index in [1.54, 1.807) is 23.1 Å². The van der Waals surface area contributed by atoms with Crippen LogP contribution in [-0.4, -0.2) is 43.6 Å². The van der Waals surface area contributed by atoms with Gasteiger partial charge >= 0.3 is 0 Å². The molecule has 0 aliphatic carbocycles. The van der Waals surface area contributed by atoms with Crippen LogP contribution < -0.4 is 10.1 Å². The van der Waals surface area contributed by atoms with E-state index in [2.05, 4.69) is 5.32 Å². The third kappa shape index (κ3) is 3.93. The lowest BCUT2D eigenvalue weighted by molar-refractivity contribution is -0.132. The van der Waals surface area contributed by atoms with Gasteiger partial charge in [0.05, 0.1) is 13.0 Å². The second kappa shape index (κ2) is 7.24. The van der Waals surface area contributed by atoms with Gasteiger partial charge < -0.3 is 15.0 Å². The number of benzene rings is 1. The Kier molecular flexibility index (Phi) is 5.35. The molecule has 0 radical (unpaired) electrons. The summed E-state index contributed by atoms with van der Waals surface area (Å²) in [7, 11) is 1.83.